The molecule has 0 atom stereocenters. The van der Waals surface area contributed by atoms with Crippen LogP contribution in [0, 0.1) is 0 Å². The number of pyridine rings is 1. The molecule has 1 aliphatic carbocycles. The van der Waals surface area contributed by atoms with Gasteiger partial charge in [-0.3, -0.25) is 4.98 Å². The van der Waals surface area contributed by atoms with Crippen molar-refractivity contribution in [1.29, 1.82) is 0 Å². The summed E-state index contributed by atoms with van der Waals surface area (Å²) in [5.41, 5.74) is 6.69. The Hall–Kier alpha value is -2.09. The third kappa shape index (κ3) is 2.58. The molecule has 2 aromatic rings. The molecule has 0 aliphatic heterocycles. The van der Waals surface area contributed by atoms with Crippen LogP contribution in [-0.2, 0) is 9.84 Å². The number of aromatic nitrogens is 3. The van der Waals surface area contributed by atoms with E-state index in [9.17, 15) is 8.42 Å². The highest BCUT2D eigenvalue weighted by molar-refractivity contribution is 7.91. The Morgan fingerprint density at radius 2 is 2.00 bits per heavy atom. The Labute approximate surface area is 123 Å². The van der Waals surface area contributed by atoms with E-state index in [0.717, 1.165) is 25.5 Å². The maximum atomic E-state index is 12.0. The van der Waals surface area contributed by atoms with Crippen LogP contribution in [0.4, 0.5) is 11.6 Å². The molecule has 0 saturated heterocycles. The number of hydrogen-bond donors (Lipinski definition) is 2. The molecule has 3 rings (SSSR count). The summed E-state index contributed by atoms with van der Waals surface area (Å²) >= 11 is 0. The Bertz CT molecular complexity index is 750. The fourth-order valence-corrected chi connectivity index (χ4v) is 3.22. The van der Waals surface area contributed by atoms with Crippen LogP contribution in [0.2, 0.25) is 0 Å². The van der Waals surface area contributed by atoms with Gasteiger partial charge in [0.2, 0.25) is 0 Å². The molecule has 0 amide bonds. The van der Waals surface area contributed by atoms with E-state index in [1.54, 1.807) is 24.5 Å². The van der Waals surface area contributed by atoms with Crippen molar-refractivity contribution in [3.63, 3.8) is 0 Å². The summed E-state index contributed by atoms with van der Waals surface area (Å²) in [5.74, 6) is 0.446. The van der Waals surface area contributed by atoms with E-state index in [4.69, 9.17) is 5.73 Å². The molecule has 2 aromatic heterocycles. The fraction of sp³-hybridized carbons (Fsp3) is 0.385. The average molecular weight is 307 g/mol. The number of nitrogens with zero attached hydrogens (tertiary/aromatic N) is 3. The summed E-state index contributed by atoms with van der Waals surface area (Å²) in [6, 6.07) is 3.72. The van der Waals surface area contributed by atoms with Gasteiger partial charge in [-0.25, -0.2) is 13.1 Å². The molecule has 0 spiro atoms. The van der Waals surface area contributed by atoms with E-state index in [0.29, 0.717) is 11.5 Å². The smallest absolute Gasteiger partial charge is 0.182 e. The second-order valence-electron chi connectivity index (χ2n) is 5.22. The minimum Gasteiger partial charge on any atom is -0.382 e. The van der Waals surface area contributed by atoms with Gasteiger partial charge in [0.05, 0.1) is 5.69 Å². The van der Waals surface area contributed by atoms with Crippen molar-refractivity contribution in [2.75, 3.05) is 17.3 Å². The molecule has 1 fully saturated rings. The van der Waals surface area contributed by atoms with Crippen LogP contribution < -0.4 is 11.1 Å². The summed E-state index contributed by atoms with van der Waals surface area (Å²) in [5, 5.41) is 7.52. The third-order valence-electron chi connectivity index (χ3n) is 3.60. The van der Waals surface area contributed by atoms with Crippen molar-refractivity contribution in [3.8, 4) is 5.69 Å². The fourth-order valence-electron chi connectivity index (χ4n) is 2.30. The molecule has 7 nitrogen and oxygen atoms in total. The van der Waals surface area contributed by atoms with E-state index < -0.39 is 9.84 Å². The molecule has 3 N–H and O–H groups in total. The molecule has 2 heterocycles. The van der Waals surface area contributed by atoms with Gasteiger partial charge in [0.15, 0.2) is 20.6 Å². The van der Waals surface area contributed by atoms with Gasteiger partial charge in [-0.1, -0.05) is 0 Å². The zero-order valence-electron chi connectivity index (χ0n) is 11.7. The van der Waals surface area contributed by atoms with Gasteiger partial charge < -0.3 is 11.1 Å². The van der Waals surface area contributed by atoms with E-state index in [2.05, 4.69) is 15.4 Å². The lowest BCUT2D eigenvalue weighted by Crippen LogP contribution is -2.28. The van der Waals surface area contributed by atoms with E-state index in [1.165, 1.54) is 4.68 Å². The predicted molar refractivity (Wildman–Crippen MR) is 80.1 cm³/mol. The number of anilines is 2. The van der Waals surface area contributed by atoms with Crippen LogP contribution in [-0.4, -0.2) is 35.5 Å². The molecule has 0 unspecified atom stereocenters. The second kappa shape index (κ2) is 5.03. The number of nitrogens with one attached hydrogen (secondary N) is 1. The monoisotopic (exact) mass is 307 g/mol. The van der Waals surface area contributed by atoms with Gasteiger partial charge in [-0.15, -0.1) is 5.10 Å². The van der Waals surface area contributed by atoms with E-state index >= 15 is 0 Å². The van der Waals surface area contributed by atoms with Crippen LogP contribution in [0.3, 0.4) is 0 Å². The first-order valence-corrected chi connectivity index (χ1v) is 8.61. The summed E-state index contributed by atoms with van der Waals surface area (Å²) in [6.45, 7) is 0. The first kappa shape index (κ1) is 13.9. The number of sulfone groups is 1. The highest BCUT2D eigenvalue weighted by Crippen LogP contribution is 2.32. The Morgan fingerprint density at radius 3 is 2.52 bits per heavy atom. The van der Waals surface area contributed by atoms with Crippen molar-refractivity contribution in [2.45, 2.75) is 30.2 Å². The number of nitrogens with two attached hydrogens (primary N) is 1. The van der Waals surface area contributed by atoms with Gasteiger partial charge in [0, 0.05) is 24.7 Å². The summed E-state index contributed by atoms with van der Waals surface area (Å²) in [4.78, 5) is 3.99. The van der Waals surface area contributed by atoms with Gasteiger partial charge in [0.1, 0.15) is 5.82 Å². The number of hydrogen-bond acceptors (Lipinski definition) is 6. The second-order valence-corrected chi connectivity index (χ2v) is 7.18. The van der Waals surface area contributed by atoms with Crippen LogP contribution in [0.25, 0.3) is 5.69 Å². The topological polar surface area (TPSA) is 103 Å². The maximum absolute atomic E-state index is 12.0. The standard InChI is InChI=1S/C13H17N5O2S/c1-21(19,20)11-12(14)18(10-5-7-15-8-6-10)17-13(11)16-9-3-2-4-9/h5-9H,2-4,14H2,1H3,(H,16,17). The summed E-state index contributed by atoms with van der Waals surface area (Å²) in [7, 11) is -3.47. The first-order valence-electron chi connectivity index (χ1n) is 6.72. The lowest BCUT2D eigenvalue weighted by molar-refractivity contribution is 0.443. The van der Waals surface area contributed by atoms with E-state index in [1.807, 2.05) is 0 Å². The quantitative estimate of drug-likeness (QED) is 0.880. The van der Waals surface area contributed by atoms with Crippen molar-refractivity contribution in [3.05, 3.63) is 24.5 Å². The first-order chi connectivity index (χ1) is 9.97. The van der Waals surface area contributed by atoms with Gasteiger partial charge >= 0.3 is 0 Å². The molecule has 0 radical (unpaired) electrons. The van der Waals surface area contributed by atoms with Crippen molar-refractivity contribution in [1.82, 2.24) is 14.8 Å². The summed E-state index contributed by atoms with van der Waals surface area (Å²) in [6.07, 6.45) is 7.54. The van der Waals surface area contributed by atoms with Crippen molar-refractivity contribution >= 4 is 21.5 Å². The van der Waals surface area contributed by atoms with Crippen LogP contribution in [0.15, 0.2) is 29.4 Å². The van der Waals surface area contributed by atoms with Gasteiger partial charge in [0.25, 0.3) is 0 Å². The van der Waals surface area contributed by atoms with E-state index in [-0.39, 0.29) is 16.8 Å². The molecule has 0 aromatic carbocycles. The Morgan fingerprint density at radius 1 is 1.33 bits per heavy atom. The minimum absolute atomic E-state index is 0.0613. The predicted octanol–water partition coefficient (Wildman–Crippen LogP) is 1.22. The molecular formula is C13H17N5O2S. The minimum atomic E-state index is -3.47. The molecule has 112 valence electrons. The lowest BCUT2D eigenvalue weighted by atomic mass is 9.93. The summed E-state index contributed by atoms with van der Waals surface area (Å²) < 4.78 is 25.5. The third-order valence-corrected chi connectivity index (χ3v) is 4.74. The van der Waals surface area contributed by atoms with Crippen LogP contribution in [0.5, 0.6) is 0 Å². The molecule has 21 heavy (non-hydrogen) atoms. The number of nitrogen functional groups attached to an aromatic ring is 1. The van der Waals surface area contributed by atoms with Crippen molar-refractivity contribution in [2.24, 2.45) is 0 Å². The Kier molecular flexibility index (Phi) is 3.32. The average Bonchev–Trinajstić information content (AvgIpc) is 2.72. The molecule has 0 bridgehead atoms. The maximum Gasteiger partial charge on any atom is 0.182 e. The van der Waals surface area contributed by atoms with Gasteiger partial charge in [-0.05, 0) is 31.4 Å². The Balaban J connectivity index is 2.10. The van der Waals surface area contributed by atoms with Gasteiger partial charge in [-0.2, -0.15) is 0 Å². The highest BCUT2D eigenvalue weighted by atomic mass is 32.2. The SMILES string of the molecule is CS(=O)(=O)c1c(NC2CCC2)nn(-c2ccncc2)c1N. The highest BCUT2D eigenvalue weighted by Gasteiger charge is 2.28. The molecule has 1 saturated carbocycles. The normalized spacial score (nSPS) is 15.7. The zero-order valence-corrected chi connectivity index (χ0v) is 12.5. The zero-order chi connectivity index (χ0) is 15.0. The molecule has 8 heteroatoms. The van der Waals surface area contributed by atoms with Crippen molar-refractivity contribution < 1.29 is 8.42 Å². The largest absolute Gasteiger partial charge is 0.382 e. The molecule has 1 aliphatic rings. The lowest BCUT2D eigenvalue weighted by Gasteiger charge is -2.26. The number of rotatable bonds is 4. The molecular weight excluding hydrogens is 290 g/mol. The van der Waals surface area contributed by atoms with Crippen LogP contribution >= 0.6 is 0 Å². The van der Waals surface area contributed by atoms with Crippen LogP contribution in [0.1, 0.15) is 19.3 Å².